The van der Waals surface area contributed by atoms with Crippen molar-refractivity contribution in [3.05, 3.63) is 23.8 Å². The molecule has 94 valence electrons. The fourth-order valence-electron chi connectivity index (χ4n) is 2.16. The van der Waals surface area contributed by atoms with E-state index >= 15 is 0 Å². The first-order valence-corrected chi connectivity index (χ1v) is 7.40. The van der Waals surface area contributed by atoms with E-state index in [1.165, 1.54) is 16.1 Å². The van der Waals surface area contributed by atoms with Crippen molar-refractivity contribution in [2.45, 2.75) is 51.5 Å². The summed E-state index contributed by atoms with van der Waals surface area (Å²) in [6, 6.07) is 7.22. The lowest BCUT2D eigenvalue weighted by Gasteiger charge is -2.37. The maximum Gasteiger partial charge on any atom is 0.0516 e. The summed E-state index contributed by atoms with van der Waals surface area (Å²) in [5.41, 5.74) is 3.14. The van der Waals surface area contributed by atoms with Crippen LogP contribution in [0.5, 0.6) is 0 Å². The van der Waals surface area contributed by atoms with Crippen molar-refractivity contribution in [2.24, 2.45) is 5.41 Å². The maximum absolute atomic E-state index is 3.77. The molecule has 1 atom stereocenters. The van der Waals surface area contributed by atoms with Crippen molar-refractivity contribution in [1.82, 2.24) is 0 Å². The molecular weight excluding hydrogens is 226 g/mol. The van der Waals surface area contributed by atoms with Gasteiger partial charge in [0.25, 0.3) is 0 Å². The average Bonchev–Trinajstić information content (AvgIpc) is 2.26. The summed E-state index contributed by atoms with van der Waals surface area (Å²) in [5.74, 6) is 1.75. The predicted molar refractivity (Wildman–Crippen MR) is 78.1 cm³/mol. The van der Waals surface area contributed by atoms with E-state index in [9.17, 15) is 0 Å². The number of hydrogen-bond donors (Lipinski definition) is 1. The van der Waals surface area contributed by atoms with E-state index in [2.05, 4.69) is 58.1 Å². The maximum atomic E-state index is 3.77. The topological polar surface area (TPSA) is 12.0 Å². The van der Waals surface area contributed by atoms with Gasteiger partial charge in [-0.25, -0.2) is 0 Å². The summed E-state index contributed by atoms with van der Waals surface area (Å²) in [7, 11) is 0. The smallest absolute Gasteiger partial charge is 0.0516 e. The van der Waals surface area contributed by atoms with Crippen LogP contribution in [0, 0.1) is 5.41 Å². The third kappa shape index (κ3) is 2.62. The number of anilines is 1. The monoisotopic (exact) mass is 249 g/mol. The van der Waals surface area contributed by atoms with Crippen molar-refractivity contribution in [1.29, 1.82) is 0 Å². The van der Waals surface area contributed by atoms with E-state index in [-0.39, 0.29) is 0 Å². The minimum Gasteiger partial charge on any atom is -0.380 e. The van der Waals surface area contributed by atoms with E-state index < -0.39 is 0 Å². The van der Waals surface area contributed by atoms with Gasteiger partial charge in [-0.2, -0.15) is 0 Å². The van der Waals surface area contributed by atoms with E-state index in [1.54, 1.807) is 0 Å². The van der Waals surface area contributed by atoms with Gasteiger partial charge in [0.15, 0.2) is 0 Å². The van der Waals surface area contributed by atoms with Crippen molar-refractivity contribution in [3.63, 3.8) is 0 Å². The first kappa shape index (κ1) is 12.8. The van der Waals surface area contributed by atoms with Crippen molar-refractivity contribution < 1.29 is 0 Å². The van der Waals surface area contributed by atoms with Crippen LogP contribution in [0.2, 0.25) is 0 Å². The Morgan fingerprint density at radius 1 is 1.29 bits per heavy atom. The predicted octanol–water partition coefficient (Wildman–Crippen LogP) is 4.74. The largest absolute Gasteiger partial charge is 0.380 e. The van der Waals surface area contributed by atoms with Crippen LogP contribution in [-0.2, 0) is 0 Å². The van der Waals surface area contributed by atoms with E-state index in [1.807, 2.05) is 11.8 Å². The normalized spacial score (nSPS) is 20.0. The van der Waals surface area contributed by atoms with Gasteiger partial charge in [0.05, 0.1) is 5.69 Å². The second-order valence-corrected chi connectivity index (χ2v) is 7.31. The summed E-state index contributed by atoms with van der Waals surface area (Å²) in [5, 5.41) is 3.77. The molecule has 0 spiro atoms. The number of rotatable bonds is 1. The van der Waals surface area contributed by atoms with Crippen LogP contribution in [0.4, 0.5) is 5.69 Å². The quantitative estimate of drug-likeness (QED) is 0.771. The standard InChI is InChI=1S/C15H23NS/c1-10(2)11-7-6-8-12-14(11)16-13(9-17-12)15(3,4)5/h6-8,10,13,16H,9H2,1-5H3. The summed E-state index contributed by atoms with van der Waals surface area (Å²) in [6.45, 7) is 11.5. The average molecular weight is 249 g/mol. The molecule has 1 nitrogen and oxygen atoms in total. The molecule has 0 saturated carbocycles. The first-order chi connectivity index (χ1) is 7.89. The van der Waals surface area contributed by atoms with Gasteiger partial charge in [-0.3, -0.25) is 0 Å². The van der Waals surface area contributed by atoms with Crippen LogP contribution in [0.25, 0.3) is 0 Å². The number of fused-ring (bicyclic) bond motifs is 1. The molecule has 0 radical (unpaired) electrons. The fraction of sp³-hybridized carbons (Fsp3) is 0.600. The zero-order chi connectivity index (χ0) is 12.6. The second-order valence-electron chi connectivity index (χ2n) is 6.25. The van der Waals surface area contributed by atoms with Gasteiger partial charge in [-0.05, 0) is 23.0 Å². The van der Waals surface area contributed by atoms with Crippen LogP contribution >= 0.6 is 11.8 Å². The zero-order valence-electron chi connectivity index (χ0n) is 11.5. The van der Waals surface area contributed by atoms with Gasteiger partial charge in [-0.1, -0.05) is 46.8 Å². The Bertz CT molecular complexity index is 404. The van der Waals surface area contributed by atoms with Crippen LogP contribution in [0.3, 0.4) is 0 Å². The van der Waals surface area contributed by atoms with Crippen molar-refractivity contribution in [2.75, 3.05) is 11.1 Å². The third-order valence-electron chi connectivity index (χ3n) is 3.45. The molecule has 0 aromatic heterocycles. The van der Waals surface area contributed by atoms with E-state index in [0.29, 0.717) is 17.4 Å². The molecule has 17 heavy (non-hydrogen) atoms. The Balaban J connectivity index is 2.35. The first-order valence-electron chi connectivity index (χ1n) is 6.42. The van der Waals surface area contributed by atoms with E-state index in [4.69, 9.17) is 0 Å². The Hall–Kier alpha value is -0.630. The number of para-hydroxylation sites is 1. The van der Waals surface area contributed by atoms with Crippen LogP contribution < -0.4 is 5.32 Å². The molecule has 1 aromatic rings. The number of hydrogen-bond acceptors (Lipinski definition) is 2. The molecule has 0 saturated heterocycles. The second kappa shape index (κ2) is 4.56. The third-order valence-corrected chi connectivity index (χ3v) is 4.60. The molecule has 1 aliphatic heterocycles. The molecule has 0 bridgehead atoms. The van der Waals surface area contributed by atoms with Gasteiger partial charge in [0.1, 0.15) is 0 Å². The summed E-state index contributed by atoms with van der Waals surface area (Å²) in [6.07, 6.45) is 0. The molecule has 0 amide bonds. The molecule has 0 fully saturated rings. The molecule has 1 N–H and O–H groups in total. The Kier molecular flexibility index (Phi) is 3.44. The number of benzene rings is 1. The summed E-state index contributed by atoms with van der Waals surface area (Å²) >= 11 is 1.99. The summed E-state index contributed by atoms with van der Waals surface area (Å²) < 4.78 is 0. The van der Waals surface area contributed by atoms with Crippen LogP contribution in [0.1, 0.15) is 46.1 Å². The highest BCUT2D eigenvalue weighted by molar-refractivity contribution is 7.99. The SMILES string of the molecule is CC(C)c1cccc2c1NC(C(C)(C)C)CS2. The molecule has 1 aromatic carbocycles. The van der Waals surface area contributed by atoms with Crippen molar-refractivity contribution >= 4 is 17.4 Å². The molecular formula is C15H23NS. The summed E-state index contributed by atoms with van der Waals surface area (Å²) in [4.78, 5) is 1.41. The Morgan fingerprint density at radius 3 is 2.59 bits per heavy atom. The minimum absolute atomic E-state index is 0.314. The molecule has 1 aliphatic rings. The lowest BCUT2D eigenvalue weighted by Crippen LogP contribution is -2.38. The van der Waals surface area contributed by atoms with Gasteiger partial charge >= 0.3 is 0 Å². The molecule has 1 unspecified atom stereocenters. The zero-order valence-corrected chi connectivity index (χ0v) is 12.3. The van der Waals surface area contributed by atoms with Gasteiger partial charge in [0, 0.05) is 16.7 Å². The fourth-order valence-corrected chi connectivity index (χ4v) is 3.58. The molecule has 2 heteroatoms. The highest BCUT2D eigenvalue weighted by atomic mass is 32.2. The van der Waals surface area contributed by atoms with Crippen LogP contribution in [0.15, 0.2) is 23.1 Å². The lowest BCUT2D eigenvalue weighted by molar-refractivity contribution is 0.361. The Labute approximate surface area is 109 Å². The van der Waals surface area contributed by atoms with Crippen LogP contribution in [-0.4, -0.2) is 11.8 Å². The number of nitrogens with one attached hydrogen (secondary N) is 1. The lowest BCUT2D eigenvalue weighted by atomic mass is 9.87. The van der Waals surface area contributed by atoms with Gasteiger partial charge < -0.3 is 5.32 Å². The number of thioether (sulfide) groups is 1. The van der Waals surface area contributed by atoms with E-state index in [0.717, 1.165) is 5.75 Å². The highest BCUT2D eigenvalue weighted by Gasteiger charge is 2.29. The highest BCUT2D eigenvalue weighted by Crippen LogP contribution is 2.41. The van der Waals surface area contributed by atoms with Gasteiger partial charge in [-0.15, -0.1) is 11.8 Å². The molecule has 2 rings (SSSR count). The minimum atomic E-state index is 0.314. The molecule has 0 aliphatic carbocycles. The van der Waals surface area contributed by atoms with Crippen molar-refractivity contribution in [3.8, 4) is 0 Å². The Morgan fingerprint density at radius 2 is 2.00 bits per heavy atom. The van der Waals surface area contributed by atoms with Gasteiger partial charge in [0.2, 0.25) is 0 Å². The molecule has 1 heterocycles.